The maximum absolute atomic E-state index is 10.1. The molecule has 0 bridgehead atoms. The molecule has 0 radical (unpaired) electrons. The number of carboxylic acid groups (broad SMARTS) is 1. The molecule has 0 spiro atoms. The summed E-state index contributed by atoms with van der Waals surface area (Å²) in [6.45, 7) is 0.604. The van der Waals surface area contributed by atoms with Gasteiger partial charge in [0.15, 0.2) is 0 Å². The first-order valence-corrected chi connectivity index (χ1v) is 5.66. The number of phosphoric acid groups is 1. The van der Waals surface area contributed by atoms with E-state index in [1.807, 2.05) is 0 Å². The van der Waals surface area contributed by atoms with Gasteiger partial charge in [0.1, 0.15) is 6.04 Å². The van der Waals surface area contributed by atoms with Gasteiger partial charge in [-0.3, -0.25) is 9.36 Å². The number of rotatable bonds is 5. The van der Waals surface area contributed by atoms with Crippen molar-refractivity contribution in [2.24, 2.45) is 11.5 Å². The smallest absolute Gasteiger partial charge is 0.756 e. The number of nitrogens with two attached hydrogens (primary N) is 2. The molecule has 0 aliphatic rings. The number of hydrogen-bond donors (Lipinski definition) is 5. The molecule has 0 aliphatic carbocycles. The molecule has 0 saturated carbocycles. The van der Waals surface area contributed by atoms with Crippen LogP contribution in [0.4, 0.5) is 0 Å². The van der Waals surface area contributed by atoms with Gasteiger partial charge in [-0.15, -0.1) is 0 Å². The van der Waals surface area contributed by atoms with Crippen molar-refractivity contribution in [1.82, 2.24) is 0 Å². The van der Waals surface area contributed by atoms with Crippen LogP contribution in [0.3, 0.4) is 0 Å². The third-order valence-corrected chi connectivity index (χ3v) is 1.29. The van der Waals surface area contributed by atoms with Crippen molar-refractivity contribution in [2.75, 3.05) is 6.54 Å². The van der Waals surface area contributed by atoms with Crippen LogP contribution in [0.1, 0.15) is 19.3 Å². The number of carboxylic acids is 1. The maximum atomic E-state index is 10.1. The average molecular weight is 282 g/mol. The second-order valence-corrected chi connectivity index (χ2v) is 3.70. The van der Waals surface area contributed by atoms with Crippen LogP contribution in [0.25, 0.3) is 0 Å². The molecule has 1 unspecified atom stereocenters. The van der Waals surface area contributed by atoms with Gasteiger partial charge in [0.25, 0.3) is 7.82 Å². The summed E-state index contributed by atoms with van der Waals surface area (Å²) < 4.78 is 8.77. The summed E-state index contributed by atoms with van der Waals surface area (Å²) in [6, 6.07) is -0.716. The fraction of sp³-hybridized carbons (Fsp3) is 0.833. The Labute approximate surface area is 136 Å². The minimum Gasteiger partial charge on any atom is -0.756 e. The zero-order chi connectivity index (χ0) is 12.5. The second-order valence-electron chi connectivity index (χ2n) is 2.72. The standard InChI is InChI=1S/C6H14N2O2.K.H3O4P/c7-4-2-1-3-5(8)6(9)10;;1-5(2,3)4/h5H,1-4,7-8H2,(H,9,10);;(H3,1,2,3,4)/q;+1;/p-1. The van der Waals surface area contributed by atoms with Crippen LogP contribution in [-0.2, 0) is 9.36 Å². The van der Waals surface area contributed by atoms with Gasteiger partial charge in [-0.05, 0) is 19.4 Å². The molecule has 1 atom stereocenters. The molecular formula is C6H16KN2O6P. The van der Waals surface area contributed by atoms with Crippen molar-refractivity contribution < 1.29 is 80.5 Å². The zero-order valence-corrected chi connectivity index (χ0v) is 13.1. The van der Waals surface area contributed by atoms with Gasteiger partial charge in [-0.25, -0.2) is 0 Å². The number of carbonyl (C=O) groups is 1. The first-order chi connectivity index (χ1) is 6.68. The van der Waals surface area contributed by atoms with Gasteiger partial charge in [0.2, 0.25) is 0 Å². The summed E-state index contributed by atoms with van der Waals surface area (Å²) in [4.78, 5) is 33.1. The van der Waals surface area contributed by atoms with E-state index in [0.717, 1.165) is 12.8 Å². The summed E-state index contributed by atoms with van der Waals surface area (Å²) in [6.07, 6.45) is 2.16. The van der Waals surface area contributed by atoms with Gasteiger partial charge in [-0.2, -0.15) is 0 Å². The summed E-state index contributed by atoms with van der Waals surface area (Å²) in [7, 11) is -4.89. The molecule has 0 rings (SSSR count). The van der Waals surface area contributed by atoms with E-state index in [1.165, 1.54) is 0 Å². The third-order valence-electron chi connectivity index (χ3n) is 1.29. The Hall–Kier alpha value is 1.14. The van der Waals surface area contributed by atoms with Gasteiger partial charge in [0.05, 0.1) is 0 Å². The summed E-state index contributed by atoms with van der Waals surface area (Å²) in [5.41, 5.74) is 10.4. The first-order valence-electron chi connectivity index (χ1n) is 4.13. The molecule has 0 aliphatic heterocycles. The van der Waals surface area contributed by atoms with Gasteiger partial charge < -0.3 is 31.3 Å². The molecule has 0 aromatic carbocycles. The fourth-order valence-electron chi connectivity index (χ4n) is 0.632. The maximum Gasteiger partial charge on any atom is 1.00 e. The molecule has 0 amide bonds. The molecule has 0 aromatic rings. The Bertz CT molecular complexity index is 215. The quantitative estimate of drug-likeness (QED) is 0.189. The van der Waals surface area contributed by atoms with Crippen molar-refractivity contribution in [2.45, 2.75) is 25.3 Å². The van der Waals surface area contributed by atoms with E-state index in [9.17, 15) is 4.79 Å². The monoisotopic (exact) mass is 282 g/mol. The van der Waals surface area contributed by atoms with E-state index in [1.54, 1.807) is 0 Å². The minimum absolute atomic E-state index is 0. The Balaban J connectivity index is -0.000000242. The molecule has 0 aromatic heterocycles. The van der Waals surface area contributed by atoms with E-state index in [-0.39, 0.29) is 51.4 Å². The van der Waals surface area contributed by atoms with Crippen LogP contribution in [0.15, 0.2) is 0 Å². The zero-order valence-electron chi connectivity index (χ0n) is 9.07. The van der Waals surface area contributed by atoms with Crippen LogP contribution < -0.4 is 67.7 Å². The normalized spacial score (nSPS) is 11.8. The molecule has 7 N–H and O–H groups in total. The Morgan fingerprint density at radius 1 is 1.38 bits per heavy atom. The molecule has 0 fully saturated rings. The molecular weight excluding hydrogens is 266 g/mol. The first kappa shape index (κ1) is 22.3. The van der Waals surface area contributed by atoms with E-state index in [0.29, 0.717) is 13.0 Å². The van der Waals surface area contributed by atoms with Crippen LogP contribution in [0, 0.1) is 0 Å². The molecule has 92 valence electrons. The predicted molar refractivity (Wildman–Crippen MR) is 50.6 cm³/mol. The molecule has 16 heavy (non-hydrogen) atoms. The van der Waals surface area contributed by atoms with E-state index in [2.05, 4.69) is 0 Å². The van der Waals surface area contributed by atoms with Crippen LogP contribution in [0.2, 0.25) is 0 Å². The third kappa shape index (κ3) is 29.4. The molecule has 0 saturated heterocycles. The predicted octanol–water partition coefficient (Wildman–Crippen LogP) is -5.03. The number of hydrogen-bond acceptors (Lipinski definition) is 5. The van der Waals surface area contributed by atoms with Crippen molar-refractivity contribution in [3.8, 4) is 0 Å². The fourth-order valence-corrected chi connectivity index (χ4v) is 0.632. The van der Waals surface area contributed by atoms with Crippen molar-refractivity contribution in [3.63, 3.8) is 0 Å². The van der Waals surface area contributed by atoms with Crippen LogP contribution in [0.5, 0.6) is 0 Å². The summed E-state index contributed by atoms with van der Waals surface area (Å²) >= 11 is 0. The van der Waals surface area contributed by atoms with E-state index in [4.69, 9.17) is 35.8 Å². The largest absolute Gasteiger partial charge is 1.00 e. The van der Waals surface area contributed by atoms with Gasteiger partial charge >= 0.3 is 57.4 Å². The molecule has 8 nitrogen and oxygen atoms in total. The average Bonchev–Trinajstić information content (AvgIpc) is 2.01. The van der Waals surface area contributed by atoms with E-state index < -0.39 is 19.8 Å². The minimum atomic E-state index is -4.89. The van der Waals surface area contributed by atoms with Crippen molar-refractivity contribution in [1.29, 1.82) is 0 Å². The van der Waals surface area contributed by atoms with Gasteiger partial charge in [-0.1, -0.05) is 6.42 Å². The molecule has 10 heteroatoms. The Morgan fingerprint density at radius 2 is 1.75 bits per heavy atom. The summed E-state index contributed by atoms with van der Waals surface area (Å²) in [5, 5.41) is 8.33. The molecule has 0 heterocycles. The number of unbranched alkanes of at least 4 members (excludes halogenated alkanes) is 1. The summed E-state index contributed by atoms with van der Waals surface area (Å²) in [5.74, 6) is -0.933. The second kappa shape index (κ2) is 12.6. The van der Waals surface area contributed by atoms with Crippen LogP contribution in [-0.4, -0.2) is 33.4 Å². The van der Waals surface area contributed by atoms with Crippen molar-refractivity contribution >= 4 is 13.8 Å². The van der Waals surface area contributed by atoms with Crippen molar-refractivity contribution in [3.05, 3.63) is 0 Å². The van der Waals surface area contributed by atoms with Crippen LogP contribution >= 0.6 is 7.82 Å². The van der Waals surface area contributed by atoms with E-state index >= 15 is 0 Å². The Morgan fingerprint density at radius 3 is 2.00 bits per heavy atom. The SMILES string of the molecule is NCCCCC(N)C(=O)O.O=P([O-])(O)O.[K+]. The van der Waals surface area contributed by atoms with Gasteiger partial charge in [0, 0.05) is 0 Å². The Kier molecular flexibility index (Phi) is 17.6. The number of aliphatic carboxylic acids is 1. The topological polar surface area (TPSA) is 170 Å².